The van der Waals surface area contributed by atoms with Gasteiger partial charge in [0, 0.05) is 17.5 Å². The molecule has 0 radical (unpaired) electrons. The van der Waals surface area contributed by atoms with E-state index in [4.69, 9.17) is 16.3 Å². The summed E-state index contributed by atoms with van der Waals surface area (Å²) in [6, 6.07) is 7.86. The summed E-state index contributed by atoms with van der Waals surface area (Å²) in [5.74, 6) is 0.128. The van der Waals surface area contributed by atoms with Crippen molar-refractivity contribution in [3.05, 3.63) is 47.5 Å². The van der Waals surface area contributed by atoms with Crippen molar-refractivity contribution in [1.82, 2.24) is 14.8 Å². The molecule has 1 heterocycles. The second-order valence-corrected chi connectivity index (χ2v) is 7.51. The minimum Gasteiger partial charge on any atom is -0.387 e. The molecular formula is C18H24ClN3O2. The largest absolute Gasteiger partial charge is 0.387 e. The normalized spacial score (nSPS) is 29.9. The topological polar surface area (TPSA) is 60.2 Å². The van der Waals surface area contributed by atoms with Gasteiger partial charge >= 0.3 is 0 Å². The smallest absolute Gasteiger partial charge is 0.137 e. The molecule has 3 atom stereocenters. The third kappa shape index (κ3) is 3.21. The fraction of sp³-hybridized carbons (Fsp3) is 0.556. The predicted molar refractivity (Wildman–Crippen MR) is 92.8 cm³/mol. The Hall–Kier alpha value is -1.43. The van der Waals surface area contributed by atoms with Gasteiger partial charge in [0.05, 0.1) is 18.8 Å². The van der Waals surface area contributed by atoms with Crippen molar-refractivity contribution in [2.45, 2.75) is 38.3 Å². The van der Waals surface area contributed by atoms with E-state index in [1.54, 1.807) is 18.1 Å². The molecule has 3 unspecified atom stereocenters. The molecule has 1 aliphatic rings. The molecule has 1 N–H and O–H groups in total. The standard InChI is InChI=1S/C18H24ClN3O2/c1-17(11-24-2)8-7-15(9-14-3-5-16(19)6-4-14)18(17,23)10-22-13-20-12-21-22/h3-6,12-13,15,23H,7-11H2,1-2H3. The molecule has 6 heteroatoms. The summed E-state index contributed by atoms with van der Waals surface area (Å²) >= 11 is 5.98. The lowest BCUT2D eigenvalue weighted by Gasteiger charge is -2.42. The van der Waals surface area contributed by atoms with Gasteiger partial charge in [-0.15, -0.1) is 0 Å². The number of methoxy groups -OCH3 is 1. The van der Waals surface area contributed by atoms with E-state index in [9.17, 15) is 5.11 Å². The highest BCUT2D eigenvalue weighted by Crippen LogP contribution is 2.52. The van der Waals surface area contributed by atoms with Gasteiger partial charge in [-0.3, -0.25) is 4.68 Å². The first-order valence-corrected chi connectivity index (χ1v) is 8.63. The van der Waals surface area contributed by atoms with Crippen molar-refractivity contribution in [2.24, 2.45) is 11.3 Å². The van der Waals surface area contributed by atoms with Crippen LogP contribution >= 0.6 is 11.6 Å². The van der Waals surface area contributed by atoms with Crippen LogP contribution in [0.4, 0.5) is 0 Å². The Kier molecular flexibility index (Phi) is 4.95. The van der Waals surface area contributed by atoms with Crippen molar-refractivity contribution in [2.75, 3.05) is 13.7 Å². The van der Waals surface area contributed by atoms with Crippen LogP contribution in [0.15, 0.2) is 36.9 Å². The zero-order valence-electron chi connectivity index (χ0n) is 14.2. The zero-order chi connectivity index (χ0) is 17.2. The van der Waals surface area contributed by atoms with Crippen LogP contribution in [0.1, 0.15) is 25.3 Å². The molecular weight excluding hydrogens is 326 g/mol. The van der Waals surface area contributed by atoms with Crippen molar-refractivity contribution in [1.29, 1.82) is 0 Å². The lowest BCUT2D eigenvalue weighted by atomic mass is 9.71. The van der Waals surface area contributed by atoms with Crippen LogP contribution in [-0.2, 0) is 17.7 Å². The molecule has 2 aromatic rings. The number of aliphatic hydroxyl groups is 1. The van der Waals surface area contributed by atoms with Gasteiger partial charge in [0.25, 0.3) is 0 Å². The Morgan fingerprint density at radius 2 is 2.12 bits per heavy atom. The summed E-state index contributed by atoms with van der Waals surface area (Å²) in [6.45, 7) is 3.05. The predicted octanol–water partition coefficient (Wildman–Crippen LogP) is 2.97. The van der Waals surface area contributed by atoms with Crippen molar-refractivity contribution < 1.29 is 9.84 Å². The van der Waals surface area contributed by atoms with Gasteiger partial charge in [-0.05, 0) is 42.9 Å². The summed E-state index contributed by atoms with van der Waals surface area (Å²) in [4.78, 5) is 4.00. The van der Waals surface area contributed by atoms with Crippen LogP contribution in [0.2, 0.25) is 5.02 Å². The molecule has 0 spiro atoms. The van der Waals surface area contributed by atoms with Crippen molar-refractivity contribution in [3.63, 3.8) is 0 Å². The monoisotopic (exact) mass is 349 g/mol. The molecule has 1 fully saturated rings. The number of aromatic nitrogens is 3. The first-order valence-electron chi connectivity index (χ1n) is 8.25. The Balaban J connectivity index is 1.87. The maximum Gasteiger partial charge on any atom is 0.137 e. The minimum absolute atomic E-state index is 0.128. The molecule has 5 nitrogen and oxygen atoms in total. The number of hydrogen-bond acceptors (Lipinski definition) is 4. The first-order chi connectivity index (χ1) is 11.5. The van der Waals surface area contributed by atoms with Gasteiger partial charge in [-0.1, -0.05) is 30.7 Å². The Morgan fingerprint density at radius 1 is 1.38 bits per heavy atom. The average Bonchev–Trinajstić information content (AvgIpc) is 3.13. The third-order valence-corrected chi connectivity index (χ3v) is 5.74. The number of nitrogens with zero attached hydrogens (tertiary/aromatic N) is 3. The first kappa shape index (κ1) is 17.4. The number of halogens is 1. The van der Waals surface area contributed by atoms with E-state index in [0.717, 1.165) is 24.3 Å². The van der Waals surface area contributed by atoms with E-state index in [-0.39, 0.29) is 11.3 Å². The summed E-state index contributed by atoms with van der Waals surface area (Å²) in [5, 5.41) is 16.6. The fourth-order valence-electron chi connectivity index (χ4n) is 4.01. The maximum atomic E-state index is 11.7. The summed E-state index contributed by atoms with van der Waals surface area (Å²) in [7, 11) is 1.69. The molecule has 0 bridgehead atoms. The Bertz CT molecular complexity index is 661. The van der Waals surface area contributed by atoms with Crippen molar-refractivity contribution >= 4 is 11.6 Å². The SMILES string of the molecule is COCC1(C)CCC(Cc2ccc(Cl)cc2)C1(O)Cn1cncn1. The molecule has 1 aliphatic carbocycles. The van der Waals surface area contributed by atoms with Crippen LogP contribution in [0.3, 0.4) is 0 Å². The van der Waals surface area contributed by atoms with E-state index in [1.165, 1.54) is 11.9 Å². The molecule has 130 valence electrons. The fourth-order valence-corrected chi connectivity index (χ4v) is 4.14. The lowest BCUT2D eigenvalue weighted by Crippen LogP contribution is -2.52. The third-order valence-electron chi connectivity index (χ3n) is 5.49. The number of hydrogen-bond donors (Lipinski definition) is 1. The summed E-state index contributed by atoms with van der Waals surface area (Å²) in [6.07, 6.45) is 5.84. The van der Waals surface area contributed by atoms with Gasteiger partial charge in [-0.2, -0.15) is 5.10 Å². The van der Waals surface area contributed by atoms with Crippen molar-refractivity contribution in [3.8, 4) is 0 Å². The second-order valence-electron chi connectivity index (χ2n) is 7.08. The number of benzene rings is 1. The van der Waals surface area contributed by atoms with Gasteiger partial charge in [0.15, 0.2) is 0 Å². The van der Waals surface area contributed by atoms with Crippen LogP contribution in [0.25, 0.3) is 0 Å². The average molecular weight is 350 g/mol. The molecule has 0 amide bonds. The van der Waals surface area contributed by atoms with Crippen LogP contribution in [0, 0.1) is 11.3 Å². The van der Waals surface area contributed by atoms with E-state index < -0.39 is 5.60 Å². The van der Waals surface area contributed by atoms with Gasteiger partial charge in [0.2, 0.25) is 0 Å². The van der Waals surface area contributed by atoms with Crippen LogP contribution in [0.5, 0.6) is 0 Å². The molecule has 24 heavy (non-hydrogen) atoms. The zero-order valence-corrected chi connectivity index (χ0v) is 14.9. The molecule has 1 aromatic heterocycles. The molecule has 0 saturated heterocycles. The van der Waals surface area contributed by atoms with Crippen LogP contribution in [-0.4, -0.2) is 39.2 Å². The Morgan fingerprint density at radius 3 is 2.75 bits per heavy atom. The number of rotatable bonds is 6. The maximum absolute atomic E-state index is 11.7. The highest BCUT2D eigenvalue weighted by Gasteiger charge is 2.56. The summed E-state index contributed by atoms with van der Waals surface area (Å²) in [5.41, 5.74) is -0.0377. The molecule has 1 aromatic carbocycles. The molecule has 0 aliphatic heterocycles. The second kappa shape index (κ2) is 6.82. The quantitative estimate of drug-likeness (QED) is 0.871. The van der Waals surface area contributed by atoms with E-state index in [1.807, 2.05) is 24.3 Å². The highest BCUT2D eigenvalue weighted by molar-refractivity contribution is 6.30. The van der Waals surface area contributed by atoms with Crippen LogP contribution < -0.4 is 0 Å². The molecule has 3 rings (SSSR count). The highest BCUT2D eigenvalue weighted by atomic mass is 35.5. The number of ether oxygens (including phenoxy) is 1. The van der Waals surface area contributed by atoms with Gasteiger partial charge in [0.1, 0.15) is 12.7 Å². The Labute approximate surface area is 147 Å². The van der Waals surface area contributed by atoms with E-state index in [2.05, 4.69) is 17.0 Å². The van der Waals surface area contributed by atoms with Gasteiger partial charge in [-0.25, -0.2) is 4.98 Å². The van der Waals surface area contributed by atoms with Gasteiger partial charge < -0.3 is 9.84 Å². The summed E-state index contributed by atoms with van der Waals surface area (Å²) < 4.78 is 7.15. The minimum atomic E-state index is -0.906. The lowest BCUT2D eigenvalue weighted by molar-refractivity contribution is -0.122. The van der Waals surface area contributed by atoms with E-state index >= 15 is 0 Å². The molecule has 1 saturated carbocycles. The van der Waals surface area contributed by atoms with E-state index in [0.29, 0.717) is 13.2 Å².